The number of rotatable bonds is 10. The minimum atomic E-state index is 0.281. The second-order valence-corrected chi connectivity index (χ2v) is 5.53. The molecule has 1 atom stereocenters. The van der Waals surface area contributed by atoms with Gasteiger partial charge in [0.2, 0.25) is 0 Å². The summed E-state index contributed by atoms with van der Waals surface area (Å²) in [4.78, 5) is 0. The zero-order valence-corrected chi connectivity index (χ0v) is 13.8. The molecular weight excluding hydrogens is 250 g/mol. The summed E-state index contributed by atoms with van der Waals surface area (Å²) in [6, 6.07) is 2.60. The Hall–Kier alpha value is -0.870. The predicted octanol–water partition coefficient (Wildman–Crippen LogP) is 2.80. The maximum atomic E-state index is 5.79. The van der Waals surface area contributed by atoms with Crippen molar-refractivity contribution in [1.29, 1.82) is 0 Å². The van der Waals surface area contributed by atoms with Crippen molar-refractivity contribution in [2.75, 3.05) is 13.2 Å². The molecule has 0 amide bonds. The minimum Gasteiger partial charge on any atom is -0.377 e. The van der Waals surface area contributed by atoms with Crippen LogP contribution in [0.1, 0.15) is 52.4 Å². The van der Waals surface area contributed by atoms with Crippen LogP contribution in [0.2, 0.25) is 0 Å². The van der Waals surface area contributed by atoms with Crippen molar-refractivity contribution >= 4 is 0 Å². The number of nitrogens with zero attached hydrogens (tertiary/aromatic N) is 2. The van der Waals surface area contributed by atoms with E-state index in [-0.39, 0.29) is 6.10 Å². The van der Waals surface area contributed by atoms with E-state index >= 15 is 0 Å². The van der Waals surface area contributed by atoms with E-state index < -0.39 is 0 Å². The molecule has 0 aromatic carbocycles. The maximum absolute atomic E-state index is 5.79. The van der Waals surface area contributed by atoms with Crippen molar-refractivity contribution in [3.63, 3.8) is 0 Å². The molecule has 1 rings (SSSR count). The first-order valence-corrected chi connectivity index (χ1v) is 8.01. The molecule has 0 aliphatic carbocycles. The average Bonchev–Trinajstić information content (AvgIpc) is 2.83. The Morgan fingerprint density at radius 1 is 1.30 bits per heavy atom. The number of aromatic nitrogens is 2. The van der Waals surface area contributed by atoms with Crippen molar-refractivity contribution in [3.05, 3.63) is 17.5 Å². The molecule has 116 valence electrons. The lowest BCUT2D eigenvalue weighted by molar-refractivity contribution is 0.0609. The third-order valence-electron chi connectivity index (χ3n) is 3.34. The highest BCUT2D eigenvalue weighted by molar-refractivity contribution is 5.12. The van der Waals surface area contributed by atoms with E-state index in [0.29, 0.717) is 6.04 Å². The highest BCUT2D eigenvalue weighted by Gasteiger charge is 2.14. The van der Waals surface area contributed by atoms with Crippen LogP contribution in [0.15, 0.2) is 6.07 Å². The summed E-state index contributed by atoms with van der Waals surface area (Å²) in [6.45, 7) is 13.4. The lowest BCUT2D eigenvalue weighted by atomic mass is 10.1. The Morgan fingerprint density at radius 3 is 2.60 bits per heavy atom. The Kier molecular flexibility index (Phi) is 7.85. The second kappa shape index (κ2) is 9.14. The summed E-state index contributed by atoms with van der Waals surface area (Å²) < 4.78 is 7.91. The first kappa shape index (κ1) is 17.2. The zero-order valence-electron chi connectivity index (χ0n) is 13.8. The summed E-state index contributed by atoms with van der Waals surface area (Å²) in [7, 11) is 0. The summed E-state index contributed by atoms with van der Waals surface area (Å²) in [5, 5.41) is 8.21. The molecule has 4 heteroatoms. The SMILES string of the molecule is CCCNC(COC(C)C)Cc1cc(CC)nn1CC. The first-order valence-electron chi connectivity index (χ1n) is 8.01. The van der Waals surface area contributed by atoms with Crippen molar-refractivity contribution in [1.82, 2.24) is 15.1 Å². The van der Waals surface area contributed by atoms with Crippen molar-refractivity contribution in [3.8, 4) is 0 Å². The summed E-state index contributed by atoms with van der Waals surface area (Å²) in [5.41, 5.74) is 2.49. The molecule has 1 aromatic rings. The Bertz CT molecular complexity index is 374. The quantitative estimate of drug-likeness (QED) is 0.717. The van der Waals surface area contributed by atoms with Gasteiger partial charge >= 0.3 is 0 Å². The predicted molar refractivity (Wildman–Crippen MR) is 84.2 cm³/mol. The normalized spacial score (nSPS) is 13.1. The van der Waals surface area contributed by atoms with Crippen molar-refractivity contribution in [2.24, 2.45) is 0 Å². The lowest BCUT2D eigenvalue weighted by Gasteiger charge is -2.20. The fraction of sp³-hybridized carbons (Fsp3) is 0.812. The van der Waals surface area contributed by atoms with E-state index in [1.54, 1.807) is 0 Å². The molecule has 1 unspecified atom stereocenters. The number of ether oxygens (including phenoxy) is 1. The van der Waals surface area contributed by atoms with Crippen LogP contribution in [0, 0.1) is 0 Å². The molecule has 0 aliphatic rings. The number of aryl methyl sites for hydroxylation is 2. The highest BCUT2D eigenvalue weighted by atomic mass is 16.5. The lowest BCUT2D eigenvalue weighted by Crippen LogP contribution is -2.37. The van der Waals surface area contributed by atoms with Gasteiger partial charge in [0, 0.05) is 24.7 Å². The molecule has 4 nitrogen and oxygen atoms in total. The summed E-state index contributed by atoms with van der Waals surface area (Å²) in [6.07, 6.45) is 3.40. The van der Waals surface area contributed by atoms with Gasteiger partial charge < -0.3 is 10.1 Å². The summed E-state index contributed by atoms with van der Waals surface area (Å²) in [5.74, 6) is 0. The van der Waals surface area contributed by atoms with Crippen LogP contribution in [-0.2, 0) is 24.1 Å². The largest absolute Gasteiger partial charge is 0.377 e. The molecule has 0 radical (unpaired) electrons. The van der Waals surface area contributed by atoms with Gasteiger partial charge in [0.15, 0.2) is 0 Å². The highest BCUT2D eigenvalue weighted by Crippen LogP contribution is 2.09. The Labute approximate surface area is 123 Å². The fourth-order valence-electron chi connectivity index (χ4n) is 2.23. The fourth-order valence-corrected chi connectivity index (χ4v) is 2.23. The van der Waals surface area contributed by atoms with E-state index in [0.717, 1.165) is 39.0 Å². The molecule has 0 fully saturated rings. The van der Waals surface area contributed by atoms with Gasteiger partial charge in [-0.15, -0.1) is 0 Å². The van der Waals surface area contributed by atoms with E-state index in [9.17, 15) is 0 Å². The number of hydrogen-bond acceptors (Lipinski definition) is 3. The van der Waals surface area contributed by atoms with E-state index in [4.69, 9.17) is 4.74 Å². The molecule has 0 bridgehead atoms. The molecular formula is C16H31N3O. The van der Waals surface area contributed by atoms with E-state index in [1.807, 2.05) is 0 Å². The molecule has 0 saturated heterocycles. The number of nitrogens with one attached hydrogen (secondary N) is 1. The Morgan fingerprint density at radius 2 is 2.05 bits per heavy atom. The van der Waals surface area contributed by atoms with Gasteiger partial charge in [-0.1, -0.05) is 13.8 Å². The van der Waals surface area contributed by atoms with Gasteiger partial charge in [-0.3, -0.25) is 4.68 Å². The first-order chi connectivity index (χ1) is 9.60. The van der Waals surface area contributed by atoms with Gasteiger partial charge in [0.1, 0.15) is 0 Å². The van der Waals surface area contributed by atoms with Crippen LogP contribution in [0.4, 0.5) is 0 Å². The maximum Gasteiger partial charge on any atom is 0.0626 e. The third-order valence-corrected chi connectivity index (χ3v) is 3.34. The molecule has 0 saturated carbocycles. The van der Waals surface area contributed by atoms with Crippen molar-refractivity contribution < 1.29 is 4.74 Å². The molecule has 20 heavy (non-hydrogen) atoms. The van der Waals surface area contributed by atoms with Crippen LogP contribution in [0.3, 0.4) is 0 Å². The van der Waals surface area contributed by atoms with Gasteiger partial charge in [0.25, 0.3) is 0 Å². The monoisotopic (exact) mass is 281 g/mol. The standard InChI is InChI=1S/C16H31N3O/c1-6-9-17-15(12-20-13(4)5)11-16-10-14(7-2)18-19(16)8-3/h10,13,15,17H,6-9,11-12H2,1-5H3. The van der Waals surface area contributed by atoms with Gasteiger partial charge in [-0.2, -0.15) is 5.10 Å². The number of hydrogen-bond donors (Lipinski definition) is 1. The Balaban J connectivity index is 2.68. The van der Waals surface area contributed by atoms with Crippen LogP contribution in [0.25, 0.3) is 0 Å². The van der Waals surface area contributed by atoms with Crippen molar-refractivity contribution in [2.45, 2.75) is 72.6 Å². The van der Waals surface area contributed by atoms with Gasteiger partial charge in [-0.25, -0.2) is 0 Å². The molecule has 1 heterocycles. The van der Waals surface area contributed by atoms with Gasteiger partial charge in [0.05, 0.1) is 18.4 Å². The van der Waals surface area contributed by atoms with E-state index in [1.165, 1.54) is 11.4 Å². The second-order valence-electron chi connectivity index (χ2n) is 5.53. The summed E-state index contributed by atoms with van der Waals surface area (Å²) >= 11 is 0. The molecule has 1 aromatic heterocycles. The average molecular weight is 281 g/mol. The third kappa shape index (κ3) is 5.63. The topological polar surface area (TPSA) is 39.1 Å². The van der Waals surface area contributed by atoms with Crippen LogP contribution >= 0.6 is 0 Å². The molecule has 0 spiro atoms. The van der Waals surface area contributed by atoms with E-state index in [2.05, 4.69) is 55.8 Å². The minimum absolute atomic E-state index is 0.281. The van der Waals surface area contributed by atoms with Crippen LogP contribution < -0.4 is 5.32 Å². The van der Waals surface area contributed by atoms with Gasteiger partial charge in [-0.05, 0) is 46.2 Å². The van der Waals surface area contributed by atoms with Crippen LogP contribution in [0.5, 0.6) is 0 Å². The smallest absolute Gasteiger partial charge is 0.0626 e. The van der Waals surface area contributed by atoms with Crippen LogP contribution in [-0.4, -0.2) is 35.1 Å². The zero-order chi connectivity index (χ0) is 15.0. The molecule has 1 N–H and O–H groups in total. The molecule has 0 aliphatic heterocycles.